The molecule has 1 aromatic rings. The number of unbranched alkanes of at least 4 members (excludes halogenated alkanes) is 2. The zero-order chi connectivity index (χ0) is 19.1. The number of nitrogens with zero attached hydrogens (tertiary/aromatic N) is 1. The molecule has 1 atom stereocenters. The maximum atomic E-state index is 12.0. The van der Waals surface area contributed by atoms with E-state index < -0.39 is 21.7 Å². The van der Waals surface area contributed by atoms with E-state index in [-0.39, 0.29) is 27.7 Å². The number of aromatic hydroxyl groups is 1. The summed E-state index contributed by atoms with van der Waals surface area (Å²) in [6.07, 6.45) is 5.16. The van der Waals surface area contributed by atoms with Crippen molar-refractivity contribution >= 4 is 38.1 Å². The molecule has 0 aliphatic carbocycles. The van der Waals surface area contributed by atoms with Gasteiger partial charge in [0.15, 0.2) is 0 Å². The number of hydrogen-bond donors (Lipinski definition) is 2. The van der Waals surface area contributed by atoms with Crippen LogP contribution in [0.1, 0.15) is 41.6 Å². The molecule has 1 heterocycles. The summed E-state index contributed by atoms with van der Waals surface area (Å²) in [5.41, 5.74) is 0.615. The van der Waals surface area contributed by atoms with Gasteiger partial charge in [-0.2, -0.15) is 0 Å². The van der Waals surface area contributed by atoms with Crippen molar-refractivity contribution in [2.75, 3.05) is 6.54 Å². The van der Waals surface area contributed by atoms with Crippen molar-refractivity contribution in [2.24, 2.45) is 0 Å². The quantitative estimate of drug-likeness (QED) is 0.332. The second-order valence-electron chi connectivity index (χ2n) is 5.91. The molecular weight excluding hydrogens is 401 g/mol. The molecule has 138 valence electrons. The predicted molar refractivity (Wildman–Crippen MR) is 95.3 cm³/mol. The molecule has 26 heavy (non-hydrogen) atoms. The Balaban J connectivity index is 1.63. The summed E-state index contributed by atoms with van der Waals surface area (Å²) in [6, 6.07) is 4.37. The van der Waals surface area contributed by atoms with Gasteiger partial charge in [0, 0.05) is 0 Å². The van der Waals surface area contributed by atoms with Crippen LogP contribution in [0.2, 0.25) is 0 Å². The summed E-state index contributed by atoms with van der Waals surface area (Å²) in [5.74, 6) is -2.03. The van der Waals surface area contributed by atoms with Gasteiger partial charge in [-0.25, -0.2) is 0 Å². The van der Waals surface area contributed by atoms with Gasteiger partial charge in [0.1, 0.15) is 0 Å². The molecule has 0 saturated heterocycles. The van der Waals surface area contributed by atoms with Crippen LogP contribution in [-0.2, 0) is 19.6 Å². The molecular formula is C18H20AsNO6. The Morgan fingerprint density at radius 1 is 1.04 bits per heavy atom. The fourth-order valence-electron chi connectivity index (χ4n) is 2.54. The number of amides is 2. The van der Waals surface area contributed by atoms with Gasteiger partial charge in [0.25, 0.3) is 0 Å². The Kier molecular flexibility index (Phi) is 7.15. The van der Waals surface area contributed by atoms with Gasteiger partial charge >= 0.3 is 157 Å². The molecule has 0 saturated carbocycles. The number of aromatic carboxylic acids is 1. The van der Waals surface area contributed by atoms with Crippen molar-refractivity contribution in [1.29, 1.82) is 0 Å². The Hall–Kier alpha value is -2.40. The number of carbonyl (C=O) groups is 4. The van der Waals surface area contributed by atoms with Crippen LogP contribution in [0.25, 0.3) is 0 Å². The van der Waals surface area contributed by atoms with E-state index in [2.05, 4.69) is 0 Å². The maximum absolute atomic E-state index is 12.0. The molecule has 2 amide bonds. The third kappa shape index (κ3) is 5.56. The second-order valence-corrected chi connectivity index (χ2v) is 8.56. The van der Waals surface area contributed by atoms with Gasteiger partial charge < -0.3 is 0 Å². The molecule has 7 nitrogen and oxygen atoms in total. The summed E-state index contributed by atoms with van der Waals surface area (Å²) in [4.78, 5) is 46.8. The van der Waals surface area contributed by atoms with Crippen LogP contribution in [0, 0.1) is 0 Å². The van der Waals surface area contributed by atoms with Crippen LogP contribution in [0.15, 0.2) is 30.4 Å². The topological polar surface area (TPSA) is 112 Å². The van der Waals surface area contributed by atoms with Gasteiger partial charge in [-0.3, -0.25) is 0 Å². The van der Waals surface area contributed by atoms with Crippen LogP contribution >= 0.6 is 0 Å². The van der Waals surface area contributed by atoms with Crippen LogP contribution in [0.3, 0.4) is 0 Å². The van der Waals surface area contributed by atoms with Crippen molar-refractivity contribution in [2.45, 2.75) is 30.9 Å². The third-order valence-corrected chi connectivity index (χ3v) is 6.55. The fraction of sp³-hybridized carbons (Fsp3) is 0.333. The molecule has 1 aliphatic heterocycles. The standard InChI is InChI=1S/C18H20AsNO6/c21-14-10-12(5-6-13(14)18(25)26)11-19-15(22)4-2-1-3-9-20-16(23)7-8-17(20)24/h5-8,10,19,21H,1-4,9,11H2,(H,25,26). The van der Waals surface area contributed by atoms with E-state index in [0.717, 1.165) is 18.4 Å². The molecule has 1 aromatic carbocycles. The number of imide groups is 1. The van der Waals surface area contributed by atoms with Gasteiger partial charge in [0.2, 0.25) is 0 Å². The van der Waals surface area contributed by atoms with E-state index in [1.165, 1.54) is 29.2 Å². The normalized spacial score (nSPS) is 13.9. The van der Waals surface area contributed by atoms with Crippen molar-refractivity contribution in [1.82, 2.24) is 4.90 Å². The Labute approximate surface area is 157 Å². The SMILES string of the molecule is O=C(CCCCCN1C(=O)C=CC1=O)[AsH]Cc1ccc(C(=O)O)c(O)c1. The van der Waals surface area contributed by atoms with Crippen LogP contribution < -0.4 is 0 Å². The zero-order valence-corrected chi connectivity index (χ0v) is 16.2. The third-order valence-electron chi connectivity index (χ3n) is 3.97. The van der Waals surface area contributed by atoms with E-state index in [0.29, 0.717) is 24.6 Å². The van der Waals surface area contributed by atoms with Crippen LogP contribution in [-0.4, -0.2) is 59.8 Å². The second kappa shape index (κ2) is 9.34. The zero-order valence-electron chi connectivity index (χ0n) is 14.1. The number of benzene rings is 1. The summed E-state index contributed by atoms with van der Waals surface area (Å²) >= 11 is -0.870. The number of carboxylic acids is 1. The van der Waals surface area contributed by atoms with Crippen molar-refractivity contribution < 1.29 is 29.4 Å². The van der Waals surface area contributed by atoms with E-state index in [4.69, 9.17) is 5.11 Å². The van der Waals surface area contributed by atoms with Gasteiger partial charge in [0.05, 0.1) is 0 Å². The Bertz CT molecular complexity index is 740. The fourth-order valence-corrected chi connectivity index (χ4v) is 4.59. The number of hydrogen-bond acceptors (Lipinski definition) is 5. The molecule has 2 N–H and O–H groups in total. The number of rotatable bonds is 10. The molecule has 0 bridgehead atoms. The molecule has 0 fully saturated rings. The minimum absolute atomic E-state index is 0.148. The van der Waals surface area contributed by atoms with Crippen LogP contribution in [0.5, 0.6) is 5.75 Å². The first kappa shape index (κ1) is 19.9. The summed E-state index contributed by atoms with van der Waals surface area (Å²) < 4.78 is 0.210. The Morgan fingerprint density at radius 3 is 2.35 bits per heavy atom. The number of carbonyl (C=O) groups excluding carboxylic acids is 3. The summed E-state index contributed by atoms with van der Waals surface area (Å²) in [6.45, 7) is 0.379. The van der Waals surface area contributed by atoms with Gasteiger partial charge in [-0.1, -0.05) is 0 Å². The first-order chi connectivity index (χ1) is 12.4. The molecule has 1 aliphatic rings. The molecule has 8 heteroatoms. The minimum atomic E-state index is -1.19. The van der Waals surface area contributed by atoms with E-state index >= 15 is 0 Å². The van der Waals surface area contributed by atoms with E-state index in [1.54, 1.807) is 6.07 Å². The molecule has 1 unspecified atom stereocenters. The molecule has 0 spiro atoms. The van der Waals surface area contributed by atoms with E-state index in [9.17, 15) is 24.3 Å². The monoisotopic (exact) mass is 421 g/mol. The first-order valence-corrected chi connectivity index (χ1v) is 10.8. The van der Waals surface area contributed by atoms with Crippen LogP contribution in [0.4, 0.5) is 0 Å². The molecule has 2 rings (SSSR count). The number of phenols is 1. The van der Waals surface area contributed by atoms with Gasteiger partial charge in [-0.15, -0.1) is 0 Å². The average molecular weight is 421 g/mol. The molecule has 0 radical (unpaired) electrons. The van der Waals surface area contributed by atoms with Gasteiger partial charge in [-0.05, 0) is 0 Å². The van der Waals surface area contributed by atoms with E-state index in [1.807, 2.05) is 0 Å². The summed E-state index contributed by atoms with van der Waals surface area (Å²) in [7, 11) is 0. The van der Waals surface area contributed by atoms with Crippen molar-refractivity contribution in [3.05, 3.63) is 41.5 Å². The van der Waals surface area contributed by atoms with Crippen molar-refractivity contribution in [3.63, 3.8) is 0 Å². The Morgan fingerprint density at radius 2 is 1.73 bits per heavy atom. The summed E-state index contributed by atoms with van der Waals surface area (Å²) in [5, 5.41) is 19.1. The van der Waals surface area contributed by atoms with Crippen molar-refractivity contribution in [3.8, 4) is 5.75 Å². The average Bonchev–Trinajstić information content (AvgIpc) is 2.91. The first-order valence-electron chi connectivity index (χ1n) is 8.24. The molecule has 0 aromatic heterocycles. The predicted octanol–water partition coefficient (Wildman–Crippen LogP) is 1.04. The number of carboxylic acid groups (broad SMARTS) is 1.